The van der Waals surface area contributed by atoms with Crippen LogP contribution in [0.5, 0.6) is 0 Å². The lowest BCUT2D eigenvalue weighted by molar-refractivity contribution is -0.125. The van der Waals surface area contributed by atoms with Crippen LogP contribution in [0, 0.1) is 5.92 Å². The van der Waals surface area contributed by atoms with E-state index in [0.717, 1.165) is 23.7 Å². The molecule has 0 saturated carbocycles. The molecule has 0 spiro atoms. The minimum atomic E-state index is 0.149. The minimum absolute atomic E-state index is 0.149. The molecule has 0 radical (unpaired) electrons. The van der Waals surface area contributed by atoms with E-state index >= 15 is 0 Å². The lowest BCUT2D eigenvalue weighted by atomic mass is 9.93. The van der Waals surface area contributed by atoms with E-state index in [2.05, 4.69) is 9.97 Å². The van der Waals surface area contributed by atoms with E-state index in [0.29, 0.717) is 19.6 Å². The third-order valence-electron chi connectivity index (χ3n) is 2.91. The molecule has 1 aliphatic heterocycles. The molecule has 0 amide bonds. The van der Waals surface area contributed by atoms with Gasteiger partial charge in [-0.1, -0.05) is 11.8 Å². The van der Waals surface area contributed by atoms with E-state index in [-0.39, 0.29) is 11.7 Å². The molecule has 92 valence electrons. The topological polar surface area (TPSA) is 52.1 Å². The summed E-state index contributed by atoms with van der Waals surface area (Å²) >= 11 is 1.49. The van der Waals surface area contributed by atoms with Crippen LogP contribution in [0.3, 0.4) is 0 Å². The number of rotatable bonds is 4. The largest absolute Gasteiger partial charge is 0.381 e. The summed E-state index contributed by atoms with van der Waals surface area (Å²) in [6.07, 6.45) is 5.75. The quantitative estimate of drug-likeness (QED) is 0.603. The Balaban J connectivity index is 1.96. The molecule has 0 bridgehead atoms. The van der Waals surface area contributed by atoms with Crippen molar-refractivity contribution >= 4 is 17.5 Å². The average Bonchev–Trinajstić information content (AvgIpc) is 2.40. The molecule has 1 aromatic heterocycles. The summed E-state index contributed by atoms with van der Waals surface area (Å²) < 4.78 is 5.26. The SMILES string of the molecule is CSc1nccc(CC(=O)C2CCOCC2)n1. The average molecular weight is 252 g/mol. The van der Waals surface area contributed by atoms with Crippen LogP contribution in [0.2, 0.25) is 0 Å². The molecule has 1 aromatic rings. The van der Waals surface area contributed by atoms with Crippen molar-refractivity contribution < 1.29 is 9.53 Å². The molecule has 4 nitrogen and oxygen atoms in total. The molecular formula is C12H16N2O2S. The van der Waals surface area contributed by atoms with E-state index in [9.17, 15) is 4.79 Å². The van der Waals surface area contributed by atoms with Crippen molar-refractivity contribution in [3.63, 3.8) is 0 Å². The van der Waals surface area contributed by atoms with Gasteiger partial charge in [-0.25, -0.2) is 9.97 Å². The zero-order valence-electron chi connectivity index (χ0n) is 9.89. The minimum Gasteiger partial charge on any atom is -0.381 e. The van der Waals surface area contributed by atoms with Crippen molar-refractivity contribution in [2.75, 3.05) is 19.5 Å². The van der Waals surface area contributed by atoms with Crippen molar-refractivity contribution in [3.05, 3.63) is 18.0 Å². The Morgan fingerprint density at radius 3 is 3.00 bits per heavy atom. The Morgan fingerprint density at radius 1 is 1.53 bits per heavy atom. The first-order valence-corrected chi connectivity index (χ1v) is 6.98. The fourth-order valence-electron chi connectivity index (χ4n) is 1.92. The monoisotopic (exact) mass is 252 g/mol. The Kier molecular flexibility index (Phi) is 4.50. The highest BCUT2D eigenvalue weighted by molar-refractivity contribution is 7.98. The maximum atomic E-state index is 12.0. The van der Waals surface area contributed by atoms with Crippen LogP contribution in [0.15, 0.2) is 17.4 Å². The van der Waals surface area contributed by atoms with Gasteiger partial charge in [-0.05, 0) is 25.2 Å². The lowest BCUT2D eigenvalue weighted by Gasteiger charge is -2.20. The number of carbonyl (C=O) groups is 1. The second-order valence-corrected chi connectivity index (χ2v) is 4.84. The van der Waals surface area contributed by atoms with Gasteiger partial charge in [0.05, 0.1) is 5.69 Å². The zero-order valence-corrected chi connectivity index (χ0v) is 10.7. The van der Waals surface area contributed by atoms with Gasteiger partial charge in [-0.2, -0.15) is 0 Å². The Morgan fingerprint density at radius 2 is 2.29 bits per heavy atom. The molecule has 0 N–H and O–H groups in total. The Bertz CT molecular complexity index is 392. The summed E-state index contributed by atoms with van der Waals surface area (Å²) in [6.45, 7) is 1.41. The van der Waals surface area contributed by atoms with Gasteiger partial charge in [0, 0.05) is 31.7 Å². The standard InChI is InChI=1S/C12H16N2O2S/c1-17-12-13-5-2-10(14-12)8-11(15)9-3-6-16-7-4-9/h2,5,9H,3-4,6-8H2,1H3. The first-order valence-electron chi connectivity index (χ1n) is 5.76. The van der Waals surface area contributed by atoms with E-state index in [1.54, 1.807) is 6.20 Å². The zero-order chi connectivity index (χ0) is 12.1. The number of ether oxygens (including phenoxy) is 1. The van der Waals surface area contributed by atoms with Crippen LogP contribution in [-0.2, 0) is 16.0 Å². The number of hydrogen-bond donors (Lipinski definition) is 0. The summed E-state index contributed by atoms with van der Waals surface area (Å²) in [5.74, 6) is 0.426. The maximum Gasteiger partial charge on any atom is 0.187 e. The molecule has 1 fully saturated rings. The predicted molar refractivity (Wildman–Crippen MR) is 66.1 cm³/mol. The smallest absolute Gasteiger partial charge is 0.187 e. The van der Waals surface area contributed by atoms with Gasteiger partial charge in [0.15, 0.2) is 5.16 Å². The molecule has 0 atom stereocenters. The first kappa shape index (κ1) is 12.5. The summed E-state index contributed by atoms with van der Waals surface area (Å²) in [4.78, 5) is 20.5. The van der Waals surface area contributed by atoms with Gasteiger partial charge in [0.2, 0.25) is 0 Å². The van der Waals surface area contributed by atoms with Gasteiger partial charge in [-0.3, -0.25) is 4.79 Å². The van der Waals surface area contributed by atoms with Gasteiger partial charge < -0.3 is 4.74 Å². The van der Waals surface area contributed by atoms with Gasteiger partial charge >= 0.3 is 0 Å². The van der Waals surface area contributed by atoms with Gasteiger partial charge in [0.1, 0.15) is 5.78 Å². The van der Waals surface area contributed by atoms with E-state index in [4.69, 9.17) is 4.74 Å². The number of aromatic nitrogens is 2. The van der Waals surface area contributed by atoms with Crippen LogP contribution in [0.4, 0.5) is 0 Å². The number of ketones is 1. The third kappa shape index (κ3) is 3.51. The van der Waals surface area contributed by atoms with Crippen molar-refractivity contribution in [2.24, 2.45) is 5.92 Å². The van der Waals surface area contributed by atoms with E-state index in [1.165, 1.54) is 11.8 Å². The summed E-state index contributed by atoms with van der Waals surface area (Å²) in [6, 6.07) is 1.82. The van der Waals surface area contributed by atoms with E-state index < -0.39 is 0 Å². The fraction of sp³-hybridized carbons (Fsp3) is 0.583. The van der Waals surface area contributed by atoms with Gasteiger partial charge in [0.25, 0.3) is 0 Å². The Labute approximate surface area is 105 Å². The highest BCUT2D eigenvalue weighted by atomic mass is 32.2. The van der Waals surface area contributed by atoms with Crippen LogP contribution in [0.1, 0.15) is 18.5 Å². The molecule has 2 rings (SSSR count). The van der Waals surface area contributed by atoms with Crippen LogP contribution in [0.25, 0.3) is 0 Å². The number of thioether (sulfide) groups is 1. The van der Waals surface area contributed by atoms with Crippen LogP contribution in [-0.4, -0.2) is 35.2 Å². The molecule has 0 aliphatic carbocycles. The first-order chi connectivity index (χ1) is 8.29. The third-order valence-corrected chi connectivity index (χ3v) is 3.47. The molecule has 1 aliphatic rings. The predicted octanol–water partition coefficient (Wildman–Crippen LogP) is 1.74. The van der Waals surface area contributed by atoms with Crippen molar-refractivity contribution in [2.45, 2.75) is 24.4 Å². The second kappa shape index (κ2) is 6.12. The fourth-order valence-corrected chi connectivity index (χ4v) is 2.29. The number of hydrogen-bond acceptors (Lipinski definition) is 5. The lowest BCUT2D eigenvalue weighted by Crippen LogP contribution is -2.25. The van der Waals surface area contributed by atoms with Crippen LogP contribution < -0.4 is 0 Å². The Hall–Kier alpha value is -0.940. The van der Waals surface area contributed by atoms with Crippen molar-refractivity contribution in [1.82, 2.24) is 9.97 Å². The molecule has 0 unspecified atom stereocenters. The normalized spacial score (nSPS) is 17.0. The second-order valence-electron chi connectivity index (χ2n) is 4.06. The molecule has 2 heterocycles. The molecule has 0 aromatic carbocycles. The summed E-state index contributed by atoms with van der Waals surface area (Å²) in [5, 5.41) is 0.724. The van der Waals surface area contributed by atoms with Crippen molar-refractivity contribution in [3.8, 4) is 0 Å². The highest BCUT2D eigenvalue weighted by Crippen LogP contribution is 2.18. The van der Waals surface area contributed by atoms with Crippen molar-refractivity contribution in [1.29, 1.82) is 0 Å². The summed E-state index contributed by atoms with van der Waals surface area (Å²) in [7, 11) is 0. The number of nitrogens with zero attached hydrogens (tertiary/aromatic N) is 2. The van der Waals surface area contributed by atoms with E-state index in [1.807, 2.05) is 12.3 Å². The molecule has 1 saturated heterocycles. The van der Waals surface area contributed by atoms with Gasteiger partial charge in [-0.15, -0.1) is 0 Å². The molecule has 17 heavy (non-hydrogen) atoms. The summed E-state index contributed by atoms with van der Waals surface area (Å²) in [5.41, 5.74) is 0.820. The van der Waals surface area contributed by atoms with Crippen LogP contribution >= 0.6 is 11.8 Å². The maximum absolute atomic E-state index is 12.0. The number of Topliss-reactive ketones (excluding diaryl/α,β-unsaturated/α-hetero) is 1. The number of carbonyl (C=O) groups excluding carboxylic acids is 1. The molecule has 5 heteroatoms. The highest BCUT2D eigenvalue weighted by Gasteiger charge is 2.21. The molecular weight excluding hydrogens is 236 g/mol.